The number of hydrogen-bond donors (Lipinski definition) is 16. The van der Waals surface area contributed by atoms with Crippen LogP contribution in [0.3, 0.4) is 0 Å². The fraction of sp³-hybridized carbons (Fsp3) is 0.871. The summed E-state index contributed by atoms with van der Waals surface area (Å²) in [6.45, 7) is -1.14. The number of guanidine groups is 1. The summed E-state index contributed by atoms with van der Waals surface area (Å²) in [6, 6.07) is -4.29. The highest BCUT2D eigenvalue weighted by Crippen LogP contribution is 2.34. The Morgan fingerprint density at radius 1 is 0.855 bits per heavy atom. The predicted molar refractivity (Wildman–Crippen MR) is 188 cm³/mol. The third-order valence-corrected chi connectivity index (χ3v) is 9.78. The van der Waals surface area contributed by atoms with Crippen LogP contribution in [0.2, 0.25) is 0 Å². The molecule has 4 rings (SSSR count). The molecule has 1 saturated carbocycles. The average molecular weight is 798 g/mol. The number of carbonyl (C=O) groups excluding carboxylic acids is 1. The van der Waals surface area contributed by atoms with Gasteiger partial charge in [0.2, 0.25) is 5.91 Å². The second kappa shape index (κ2) is 20.9. The average Bonchev–Trinajstić information content (AvgIpc) is 3.45. The molecule has 1 aliphatic carbocycles. The first-order valence-electron chi connectivity index (χ1n) is 18.0. The van der Waals surface area contributed by atoms with Crippen LogP contribution in [0.25, 0.3) is 0 Å². The van der Waals surface area contributed by atoms with E-state index in [4.69, 9.17) is 67.9 Å². The van der Waals surface area contributed by atoms with Crippen molar-refractivity contribution in [3.8, 4) is 0 Å². The van der Waals surface area contributed by atoms with Gasteiger partial charge in [-0.1, -0.05) is 12.2 Å². The van der Waals surface area contributed by atoms with E-state index < -0.39 is 135 Å². The van der Waals surface area contributed by atoms with Crippen molar-refractivity contribution < 1.29 is 74.1 Å². The molecule has 0 bridgehead atoms. The van der Waals surface area contributed by atoms with Crippen LogP contribution in [-0.2, 0) is 33.2 Å². The molecule has 0 aromatic heterocycles. The largest absolute Gasteiger partial charge is 0.394 e. The first kappa shape index (κ1) is 45.4. The lowest BCUT2D eigenvalue weighted by Gasteiger charge is -2.46. The Kier molecular flexibility index (Phi) is 17.3. The molecule has 24 nitrogen and oxygen atoms in total. The molecule has 3 heterocycles. The summed E-state index contributed by atoms with van der Waals surface area (Å²) in [6.07, 6.45) is -17.1. The fourth-order valence-corrected chi connectivity index (χ4v) is 6.65. The summed E-state index contributed by atoms with van der Waals surface area (Å²) in [5, 5.41) is 88.7. The van der Waals surface area contributed by atoms with Gasteiger partial charge in [-0.3, -0.25) is 9.79 Å². The maximum absolute atomic E-state index is 12.9. The van der Waals surface area contributed by atoms with Crippen molar-refractivity contribution in [2.24, 2.45) is 39.4 Å². The molecule has 0 aromatic rings. The topological polar surface area (TPSA) is 427 Å². The van der Waals surface area contributed by atoms with Gasteiger partial charge in [0.25, 0.3) is 0 Å². The van der Waals surface area contributed by atoms with E-state index in [0.717, 1.165) is 0 Å². The molecule has 0 spiro atoms. The van der Waals surface area contributed by atoms with Crippen molar-refractivity contribution >= 4 is 11.9 Å². The van der Waals surface area contributed by atoms with Crippen LogP contribution >= 0.6 is 0 Å². The second-order valence-corrected chi connectivity index (χ2v) is 14.0. The number of rotatable bonds is 18. The molecular weight excluding hydrogens is 738 g/mol. The lowest BCUT2D eigenvalue weighted by Crippen LogP contribution is -2.67. The Morgan fingerprint density at radius 3 is 2.18 bits per heavy atom. The number of aliphatic hydroxyl groups excluding tert-OH is 8. The summed E-state index contributed by atoms with van der Waals surface area (Å²) >= 11 is 0. The number of hydrogen-bond acceptors (Lipinski definition) is 21. The Balaban J connectivity index is 1.53. The minimum absolute atomic E-state index is 0.0602. The minimum Gasteiger partial charge on any atom is -0.394 e. The van der Waals surface area contributed by atoms with Gasteiger partial charge in [0.1, 0.15) is 61.0 Å². The predicted octanol–water partition coefficient (Wildman–Crippen LogP) is -9.89. The molecule has 19 atom stereocenters. The Hall–Kier alpha value is -2.28. The zero-order valence-electron chi connectivity index (χ0n) is 30.1. The smallest absolute Gasteiger partial charge is 0.249 e. The Morgan fingerprint density at radius 2 is 1.53 bits per heavy atom. The standard InChI is InChI=1S/C31H59N9O15/c32-6-17-21(46)22(47)19(35)29(51-17)54-25-18(10-42)52-30(23(25)48)55-26-20(45)15(40-27(49)16(44)3-4-39-31(36)37)5-14(34)24(26)53-28-13(33)2-1-12(50-28)8-38-7-11(43)9-41/h1-2,11-26,28-30,38,41-48H,3-10,32-35H2,(H,40,49)(H4,36,37,39)/t11?,12-,13+,14-,15+,16-,17-,18+,19+,20-,21+,22+,23+,24+,25+,26+,28+,29+,30-/m0/s1. The molecule has 4 aliphatic rings. The normalized spacial score (nSPS) is 41.8. The zero-order chi connectivity index (χ0) is 40.6. The third-order valence-electron chi connectivity index (χ3n) is 9.78. The van der Waals surface area contributed by atoms with Crippen molar-refractivity contribution in [2.75, 3.05) is 39.4 Å². The maximum Gasteiger partial charge on any atom is 0.249 e. The SMILES string of the molecule is NC[C@@H]1O[C@H](O[C@H]2[C@@H](O)[C@H](O[C@@H]3[C@@H](O)[C@H](NC(=O)[C@@H](O)CCN=C(N)N)C[C@H](N)[C@H]3O[C@H]3O[C@H](CNCC(O)CO)C=C[C@H]3N)O[C@@H]2CO)[C@H](N)[C@@H](O)[C@@H]1O. The summed E-state index contributed by atoms with van der Waals surface area (Å²) in [7, 11) is 0. The first-order chi connectivity index (χ1) is 26.1. The van der Waals surface area contributed by atoms with E-state index in [2.05, 4.69) is 15.6 Å². The van der Waals surface area contributed by atoms with Gasteiger partial charge in [-0.2, -0.15) is 0 Å². The van der Waals surface area contributed by atoms with Gasteiger partial charge >= 0.3 is 0 Å². The number of amides is 1. The number of nitrogens with one attached hydrogen (secondary N) is 2. The molecule has 3 fully saturated rings. The molecule has 55 heavy (non-hydrogen) atoms. The van der Waals surface area contributed by atoms with Gasteiger partial charge in [-0.05, 0) is 6.42 Å². The molecule has 22 N–H and O–H groups in total. The van der Waals surface area contributed by atoms with Crippen LogP contribution < -0.4 is 45.0 Å². The highest BCUT2D eigenvalue weighted by atomic mass is 16.8. The third kappa shape index (κ3) is 11.7. The van der Waals surface area contributed by atoms with Crippen molar-refractivity contribution in [1.29, 1.82) is 0 Å². The van der Waals surface area contributed by atoms with E-state index in [-0.39, 0.29) is 45.0 Å². The lowest BCUT2D eigenvalue weighted by atomic mass is 9.83. The van der Waals surface area contributed by atoms with E-state index in [1.807, 2.05) is 0 Å². The van der Waals surface area contributed by atoms with Crippen LogP contribution in [0.5, 0.6) is 0 Å². The number of aliphatic hydroxyl groups is 8. The number of nitrogens with zero attached hydrogens (tertiary/aromatic N) is 1. The maximum atomic E-state index is 12.9. The number of carbonyl (C=O) groups is 1. The Bertz CT molecular complexity index is 1260. The molecule has 3 aliphatic heterocycles. The van der Waals surface area contributed by atoms with Crippen LogP contribution in [0.1, 0.15) is 12.8 Å². The van der Waals surface area contributed by atoms with Crippen LogP contribution in [-0.4, -0.2) is 208 Å². The van der Waals surface area contributed by atoms with E-state index in [9.17, 15) is 40.5 Å². The van der Waals surface area contributed by atoms with Gasteiger partial charge in [-0.15, -0.1) is 0 Å². The molecule has 1 amide bonds. The minimum atomic E-state index is -1.70. The number of ether oxygens (including phenoxy) is 6. The van der Waals surface area contributed by atoms with Gasteiger partial charge in [-0.25, -0.2) is 0 Å². The van der Waals surface area contributed by atoms with Gasteiger partial charge in [0.05, 0.1) is 43.5 Å². The molecule has 1 unspecified atom stereocenters. The molecular formula is C31H59N9O15. The van der Waals surface area contributed by atoms with E-state index >= 15 is 0 Å². The number of aliphatic imine (C=N–C) groups is 1. The summed E-state index contributed by atoms with van der Waals surface area (Å²) in [4.78, 5) is 16.7. The van der Waals surface area contributed by atoms with E-state index in [1.165, 1.54) is 0 Å². The van der Waals surface area contributed by atoms with Crippen molar-refractivity contribution in [3.63, 3.8) is 0 Å². The monoisotopic (exact) mass is 797 g/mol. The first-order valence-corrected chi connectivity index (χ1v) is 18.0. The van der Waals surface area contributed by atoms with Gasteiger partial charge in [0.15, 0.2) is 24.8 Å². The molecule has 2 saturated heterocycles. The highest BCUT2D eigenvalue weighted by Gasteiger charge is 2.54. The lowest BCUT2D eigenvalue weighted by molar-refractivity contribution is -0.284. The van der Waals surface area contributed by atoms with Gasteiger partial charge < -0.3 is 114 Å². The zero-order valence-corrected chi connectivity index (χ0v) is 30.1. The summed E-state index contributed by atoms with van der Waals surface area (Å²) < 4.78 is 35.8. The van der Waals surface area contributed by atoms with Crippen molar-refractivity contribution in [1.82, 2.24) is 10.6 Å². The molecule has 0 radical (unpaired) electrons. The summed E-state index contributed by atoms with van der Waals surface area (Å²) in [5.41, 5.74) is 35.2. The van der Waals surface area contributed by atoms with E-state index in [1.54, 1.807) is 12.2 Å². The second-order valence-electron chi connectivity index (χ2n) is 14.0. The van der Waals surface area contributed by atoms with E-state index in [0.29, 0.717) is 0 Å². The van der Waals surface area contributed by atoms with Crippen LogP contribution in [0.4, 0.5) is 0 Å². The number of nitrogens with two attached hydrogens (primary N) is 6. The van der Waals surface area contributed by atoms with Crippen LogP contribution in [0, 0.1) is 0 Å². The molecule has 0 aromatic carbocycles. The molecule has 318 valence electrons. The van der Waals surface area contributed by atoms with Crippen molar-refractivity contribution in [2.45, 2.75) is 129 Å². The quantitative estimate of drug-likeness (QED) is 0.0348. The molecule has 24 heteroatoms. The summed E-state index contributed by atoms with van der Waals surface area (Å²) in [5.74, 6) is -1.10. The Labute approximate surface area is 316 Å². The highest BCUT2D eigenvalue weighted by molar-refractivity contribution is 5.81. The van der Waals surface area contributed by atoms with Crippen LogP contribution in [0.15, 0.2) is 17.1 Å². The van der Waals surface area contributed by atoms with Gasteiger partial charge in [0, 0.05) is 38.6 Å². The fourth-order valence-electron chi connectivity index (χ4n) is 6.65. The van der Waals surface area contributed by atoms with Crippen molar-refractivity contribution in [3.05, 3.63) is 12.2 Å².